The highest BCUT2D eigenvalue weighted by Gasteiger charge is 2.04. The first-order valence-electron chi connectivity index (χ1n) is 5.06. The van der Waals surface area contributed by atoms with Crippen molar-refractivity contribution in [1.82, 2.24) is 9.97 Å². The van der Waals surface area contributed by atoms with E-state index >= 15 is 0 Å². The smallest absolute Gasteiger partial charge is 0.322 e. The van der Waals surface area contributed by atoms with Crippen molar-refractivity contribution in [2.45, 2.75) is 13.5 Å². The van der Waals surface area contributed by atoms with Crippen LogP contribution in [-0.2, 0) is 6.61 Å². The van der Waals surface area contributed by atoms with E-state index in [1.54, 1.807) is 37.4 Å². The molecule has 0 aliphatic carbocycles. The number of rotatable bonds is 3. The van der Waals surface area contributed by atoms with Gasteiger partial charge in [-0.05, 0) is 31.2 Å². The van der Waals surface area contributed by atoms with E-state index in [1.807, 2.05) is 0 Å². The summed E-state index contributed by atoms with van der Waals surface area (Å²) in [7, 11) is 0. The third-order valence-corrected chi connectivity index (χ3v) is 2.50. The van der Waals surface area contributed by atoms with E-state index in [0.717, 1.165) is 0 Å². The second-order valence-electron chi connectivity index (χ2n) is 3.48. The van der Waals surface area contributed by atoms with E-state index in [4.69, 9.17) is 21.4 Å². The molecule has 0 saturated carbocycles. The molecule has 1 N–H and O–H groups in total. The Bertz CT molecular complexity index is 514. The summed E-state index contributed by atoms with van der Waals surface area (Å²) in [5.74, 6) is 0.616. The Morgan fingerprint density at radius 3 is 2.59 bits per heavy atom. The van der Waals surface area contributed by atoms with Gasteiger partial charge in [-0.1, -0.05) is 11.6 Å². The van der Waals surface area contributed by atoms with Gasteiger partial charge in [0.15, 0.2) is 0 Å². The molecule has 0 amide bonds. The van der Waals surface area contributed by atoms with E-state index in [-0.39, 0.29) is 12.6 Å². The topological polar surface area (TPSA) is 55.2 Å². The fraction of sp³-hybridized carbons (Fsp3) is 0.167. The summed E-state index contributed by atoms with van der Waals surface area (Å²) in [6.45, 7) is 1.72. The third-order valence-electron chi connectivity index (χ3n) is 2.25. The van der Waals surface area contributed by atoms with Crippen LogP contribution in [0.4, 0.5) is 0 Å². The molecular formula is C12H11ClN2O2. The minimum absolute atomic E-state index is 0.0763. The van der Waals surface area contributed by atoms with Crippen LogP contribution in [0.25, 0.3) is 0 Å². The van der Waals surface area contributed by atoms with Crippen LogP contribution in [0.5, 0.6) is 11.8 Å². The van der Waals surface area contributed by atoms with Gasteiger partial charge in [-0.3, -0.25) is 0 Å². The molecule has 0 aliphatic rings. The van der Waals surface area contributed by atoms with Crippen LogP contribution in [0, 0.1) is 6.92 Å². The largest absolute Gasteiger partial charge is 0.424 e. The number of halogens is 1. The van der Waals surface area contributed by atoms with Crippen LogP contribution in [0.15, 0.2) is 30.5 Å². The van der Waals surface area contributed by atoms with Crippen molar-refractivity contribution < 1.29 is 9.84 Å². The lowest BCUT2D eigenvalue weighted by Gasteiger charge is -2.06. The Labute approximate surface area is 104 Å². The second-order valence-corrected chi connectivity index (χ2v) is 3.91. The van der Waals surface area contributed by atoms with E-state index in [2.05, 4.69) is 9.97 Å². The Morgan fingerprint density at radius 2 is 2.00 bits per heavy atom. The van der Waals surface area contributed by atoms with Crippen LogP contribution in [0.1, 0.15) is 11.3 Å². The molecule has 0 bridgehead atoms. The Morgan fingerprint density at radius 1 is 1.29 bits per heavy atom. The molecule has 0 atom stereocenters. The van der Waals surface area contributed by atoms with Gasteiger partial charge in [0, 0.05) is 16.8 Å². The van der Waals surface area contributed by atoms with E-state index in [1.165, 1.54) is 0 Å². The van der Waals surface area contributed by atoms with Gasteiger partial charge in [0.2, 0.25) is 0 Å². The average molecular weight is 251 g/mol. The highest BCUT2D eigenvalue weighted by atomic mass is 35.5. The molecular weight excluding hydrogens is 240 g/mol. The number of hydrogen-bond donors (Lipinski definition) is 1. The number of aromatic nitrogens is 2. The summed E-state index contributed by atoms with van der Waals surface area (Å²) in [5, 5.41) is 9.64. The van der Waals surface area contributed by atoms with Crippen molar-refractivity contribution in [2.75, 3.05) is 0 Å². The number of nitrogens with zero attached hydrogens (tertiary/aromatic N) is 2. The Hall–Kier alpha value is -1.65. The van der Waals surface area contributed by atoms with Crippen molar-refractivity contribution in [3.63, 3.8) is 0 Å². The first-order valence-corrected chi connectivity index (χ1v) is 5.43. The van der Waals surface area contributed by atoms with Crippen LogP contribution in [0.3, 0.4) is 0 Å². The number of ether oxygens (including phenoxy) is 1. The number of aliphatic hydroxyl groups excluding tert-OH is 1. The molecule has 88 valence electrons. The molecule has 1 heterocycles. The molecule has 2 rings (SSSR count). The molecule has 0 radical (unpaired) electrons. The van der Waals surface area contributed by atoms with Gasteiger partial charge in [-0.2, -0.15) is 4.98 Å². The summed E-state index contributed by atoms with van der Waals surface area (Å²) >= 11 is 5.76. The zero-order valence-electron chi connectivity index (χ0n) is 9.22. The summed E-state index contributed by atoms with van der Waals surface area (Å²) in [6, 6.07) is 7.18. The molecule has 2 aromatic rings. The molecule has 0 saturated heterocycles. The molecule has 1 aromatic heterocycles. The highest BCUT2D eigenvalue weighted by molar-refractivity contribution is 6.30. The molecule has 17 heavy (non-hydrogen) atoms. The van der Waals surface area contributed by atoms with E-state index in [0.29, 0.717) is 22.0 Å². The van der Waals surface area contributed by atoms with Crippen molar-refractivity contribution in [3.05, 3.63) is 46.7 Å². The van der Waals surface area contributed by atoms with Crippen LogP contribution < -0.4 is 4.74 Å². The SMILES string of the molecule is Cc1nc(Oc2ccc(Cl)cc2)ncc1CO. The van der Waals surface area contributed by atoms with Gasteiger partial charge in [-0.15, -0.1) is 0 Å². The first kappa shape index (κ1) is 11.8. The van der Waals surface area contributed by atoms with Crippen LogP contribution in [0.2, 0.25) is 5.02 Å². The van der Waals surface area contributed by atoms with Gasteiger partial charge in [0.05, 0.1) is 12.3 Å². The van der Waals surface area contributed by atoms with E-state index in [9.17, 15) is 0 Å². The number of aryl methyl sites for hydroxylation is 1. The lowest BCUT2D eigenvalue weighted by atomic mass is 10.3. The molecule has 0 spiro atoms. The van der Waals surface area contributed by atoms with Gasteiger partial charge in [0.25, 0.3) is 0 Å². The zero-order chi connectivity index (χ0) is 12.3. The maximum atomic E-state index is 8.99. The van der Waals surface area contributed by atoms with Gasteiger partial charge in [-0.25, -0.2) is 4.98 Å². The van der Waals surface area contributed by atoms with E-state index < -0.39 is 0 Å². The lowest BCUT2D eigenvalue weighted by Crippen LogP contribution is -1.98. The minimum atomic E-state index is -0.0763. The van der Waals surface area contributed by atoms with Gasteiger partial charge in [0.1, 0.15) is 5.75 Å². The number of benzene rings is 1. The molecule has 1 aromatic carbocycles. The maximum Gasteiger partial charge on any atom is 0.322 e. The molecule has 5 heteroatoms. The Balaban J connectivity index is 2.19. The molecule has 4 nitrogen and oxygen atoms in total. The first-order chi connectivity index (χ1) is 8.19. The minimum Gasteiger partial charge on any atom is -0.424 e. The normalized spacial score (nSPS) is 10.3. The maximum absolute atomic E-state index is 8.99. The van der Waals surface area contributed by atoms with Crippen LogP contribution >= 0.6 is 11.6 Å². The number of hydrogen-bond acceptors (Lipinski definition) is 4. The Kier molecular flexibility index (Phi) is 3.56. The number of aliphatic hydroxyl groups is 1. The standard InChI is InChI=1S/C12H11ClN2O2/c1-8-9(7-16)6-14-12(15-8)17-11-4-2-10(13)3-5-11/h2-6,16H,7H2,1H3. The third kappa shape index (κ3) is 2.93. The fourth-order valence-electron chi connectivity index (χ4n) is 1.28. The summed E-state index contributed by atoms with van der Waals surface area (Å²) in [4.78, 5) is 8.14. The van der Waals surface area contributed by atoms with Crippen molar-refractivity contribution in [2.24, 2.45) is 0 Å². The second kappa shape index (κ2) is 5.12. The van der Waals surface area contributed by atoms with Crippen molar-refractivity contribution in [1.29, 1.82) is 0 Å². The monoisotopic (exact) mass is 250 g/mol. The summed E-state index contributed by atoms with van der Waals surface area (Å²) in [5.41, 5.74) is 1.39. The predicted octanol–water partition coefficient (Wildman–Crippen LogP) is 2.72. The quantitative estimate of drug-likeness (QED) is 0.910. The van der Waals surface area contributed by atoms with Gasteiger partial charge < -0.3 is 9.84 Å². The van der Waals surface area contributed by atoms with Crippen molar-refractivity contribution in [3.8, 4) is 11.8 Å². The van der Waals surface area contributed by atoms with Crippen molar-refractivity contribution >= 4 is 11.6 Å². The fourth-order valence-corrected chi connectivity index (χ4v) is 1.41. The highest BCUT2D eigenvalue weighted by Crippen LogP contribution is 2.20. The average Bonchev–Trinajstić information content (AvgIpc) is 2.32. The summed E-state index contributed by atoms with van der Waals surface area (Å²) < 4.78 is 5.45. The lowest BCUT2D eigenvalue weighted by molar-refractivity contribution is 0.279. The van der Waals surface area contributed by atoms with Crippen LogP contribution in [-0.4, -0.2) is 15.1 Å². The van der Waals surface area contributed by atoms with Gasteiger partial charge >= 0.3 is 6.01 Å². The molecule has 0 aliphatic heterocycles. The zero-order valence-corrected chi connectivity index (χ0v) is 9.98. The summed E-state index contributed by atoms with van der Waals surface area (Å²) in [6.07, 6.45) is 1.55. The molecule has 0 unspecified atom stereocenters. The molecule has 0 fully saturated rings. The predicted molar refractivity (Wildman–Crippen MR) is 64.2 cm³/mol.